The normalized spacial score (nSPS) is 13.2. The minimum Gasteiger partial charge on any atom is -0.374 e. The van der Waals surface area contributed by atoms with Crippen LogP contribution in [0.2, 0.25) is 0 Å². The van der Waals surface area contributed by atoms with Gasteiger partial charge in [0, 0.05) is 43.8 Å². The summed E-state index contributed by atoms with van der Waals surface area (Å²) >= 11 is 0. The molecule has 1 aliphatic rings. The van der Waals surface area contributed by atoms with E-state index in [0.29, 0.717) is 6.54 Å². The summed E-state index contributed by atoms with van der Waals surface area (Å²) in [6.45, 7) is 1.55. The van der Waals surface area contributed by atoms with Crippen LogP contribution in [-0.4, -0.2) is 24.5 Å². The highest BCUT2D eigenvalue weighted by molar-refractivity contribution is 5.95. The van der Waals surface area contributed by atoms with E-state index in [1.165, 1.54) is 11.3 Å². The van der Waals surface area contributed by atoms with E-state index in [9.17, 15) is 4.79 Å². The Morgan fingerprint density at radius 1 is 1.30 bits per heavy atom. The summed E-state index contributed by atoms with van der Waals surface area (Å²) in [6, 6.07) is 9.73. The number of pyridine rings is 1. The molecule has 4 nitrogen and oxygen atoms in total. The van der Waals surface area contributed by atoms with Crippen molar-refractivity contribution in [2.45, 2.75) is 13.0 Å². The highest BCUT2D eigenvalue weighted by Gasteiger charge is 2.17. The molecule has 1 aromatic carbocycles. The molecule has 1 aromatic heterocycles. The Kier molecular flexibility index (Phi) is 3.37. The van der Waals surface area contributed by atoms with Crippen molar-refractivity contribution in [2.75, 3.05) is 18.5 Å². The molecule has 4 heteroatoms. The molecule has 0 fully saturated rings. The first kappa shape index (κ1) is 12.7. The number of aromatic nitrogens is 1. The fraction of sp³-hybridized carbons (Fsp3) is 0.250. The Labute approximate surface area is 118 Å². The van der Waals surface area contributed by atoms with Crippen molar-refractivity contribution in [1.82, 2.24) is 10.3 Å². The third-order valence-electron chi connectivity index (χ3n) is 3.67. The van der Waals surface area contributed by atoms with E-state index < -0.39 is 0 Å². The molecule has 0 unspecified atom stereocenters. The van der Waals surface area contributed by atoms with E-state index in [-0.39, 0.29) is 5.91 Å². The first-order valence-electron chi connectivity index (χ1n) is 6.75. The number of carbonyl (C=O) groups is 1. The van der Waals surface area contributed by atoms with Crippen LogP contribution in [0.25, 0.3) is 0 Å². The van der Waals surface area contributed by atoms with Gasteiger partial charge < -0.3 is 10.2 Å². The SMILES string of the molecule is CN1CCc2cc(C(=O)NCc3ccncc3)ccc21. The minimum absolute atomic E-state index is 0.0286. The van der Waals surface area contributed by atoms with E-state index >= 15 is 0 Å². The van der Waals surface area contributed by atoms with Crippen molar-refractivity contribution in [1.29, 1.82) is 0 Å². The third kappa shape index (κ3) is 2.50. The van der Waals surface area contributed by atoms with Crippen LogP contribution in [0, 0.1) is 0 Å². The monoisotopic (exact) mass is 267 g/mol. The van der Waals surface area contributed by atoms with Gasteiger partial charge in [-0.1, -0.05) is 0 Å². The molecule has 102 valence electrons. The van der Waals surface area contributed by atoms with Gasteiger partial charge in [-0.3, -0.25) is 9.78 Å². The van der Waals surface area contributed by atoms with Crippen LogP contribution in [0.1, 0.15) is 21.5 Å². The van der Waals surface area contributed by atoms with Crippen molar-refractivity contribution >= 4 is 11.6 Å². The smallest absolute Gasteiger partial charge is 0.251 e. The van der Waals surface area contributed by atoms with Gasteiger partial charge in [-0.2, -0.15) is 0 Å². The molecule has 0 radical (unpaired) electrons. The zero-order valence-electron chi connectivity index (χ0n) is 11.5. The number of fused-ring (bicyclic) bond motifs is 1. The van der Waals surface area contributed by atoms with Crippen LogP contribution in [0.4, 0.5) is 5.69 Å². The molecular formula is C16H17N3O. The van der Waals surface area contributed by atoms with Crippen LogP contribution in [0.5, 0.6) is 0 Å². The number of rotatable bonds is 3. The highest BCUT2D eigenvalue weighted by Crippen LogP contribution is 2.27. The van der Waals surface area contributed by atoms with E-state index in [4.69, 9.17) is 0 Å². The maximum atomic E-state index is 12.2. The predicted octanol–water partition coefficient (Wildman–Crippen LogP) is 2.00. The molecule has 3 rings (SSSR count). The van der Waals surface area contributed by atoms with Gasteiger partial charge in [-0.15, -0.1) is 0 Å². The summed E-state index contributed by atoms with van der Waals surface area (Å²) in [6.07, 6.45) is 4.47. The summed E-state index contributed by atoms with van der Waals surface area (Å²) in [5.74, 6) is -0.0286. The second kappa shape index (κ2) is 5.33. The molecule has 0 bridgehead atoms. The summed E-state index contributed by atoms with van der Waals surface area (Å²) in [7, 11) is 2.08. The molecular weight excluding hydrogens is 250 g/mol. The minimum atomic E-state index is -0.0286. The number of hydrogen-bond acceptors (Lipinski definition) is 3. The van der Waals surface area contributed by atoms with Crippen molar-refractivity contribution < 1.29 is 4.79 Å². The molecule has 0 atom stereocenters. The number of nitrogens with zero attached hydrogens (tertiary/aromatic N) is 2. The molecule has 20 heavy (non-hydrogen) atoms. The third-order valence-corrected chi connectivity index (χ3v) is 3.67. The van der Waals surface area contributed by atoms with Gasteiger partial charge in [0.1, 0.15) is 0 Å². The Morgan fingerprint density at radius 3 is 2.90 bits per heavy atom. The van der Waals surface area contributed by atoms with Crippen LogP contribution in [-0.2, 0) is 13.0 Å². The summed E-state index contributed by atoms with van der Waals surface area (Å²) in [5, 5.41) is 2.94. The summed E-state index contributed by atoms with van der Waals surface area (Å²) in [4.78, 5) is 18.3. The molecule has 0 spiro atoms. The summed E-state index contributed by atoms with van der Waals surface area (Å²) in [5.41, 5.74) is 4.27. The summed E-state index contributed by atoms with van der Waals surface area (Å²) < 4.78 is 0. The van der Waals surface area contributed by atoms with Gasteiger partial charge in [0.25, 0.3) is 5.91 Å². The van der Waals surface area contributed by atoms with Gasteiger partial charge in [-0.25, -0.2) is 0 Å². The number of amides is 1. The van der Waals surface area contributed by atoms with Crippen LogP contribution in [0.15, 0.2) is 42.7 Å². The number of hydrogen-bond donors (Lipinski definition) is 1. The first-order valence-corrected chi connectivity index (χ1v) is 6.75. The second-order valence-electron chi connectivity index (χ2n) is 5.05. The van der Waals surface area contributed by atoms with Gasteiger partial charge in [0.15, 0.2) is 0 Å². The van der Waals surface area contributed by atoms with Crippen LogP contribution < -0.4 is 10.2 Å². The van der Waals surface area contributed by atoms with Gasteiger partial charge in [0.05, 0.1) is 0 Å². The lowest BCUT2D eigenvalue weighted by molar-refractivity contribution is 0.0951. The van der Waals surface area contributed by atoms with E-state index in [0.717, 1.165) is 24.1 Å². The first-order chi connectivity index (χ1) is 9.74. The maximum Gasteiger partial charge on any atom is 0.251 e. The Morgan fingerprint density at radius 2 is 2.10 bits per heavy atom. The lowest BCUT2D eigenvalue weighted by Crippen LogP contribution is -2.22. The van der Waals surface area contributed by atoms with Gasteiger partial charge in [-0.05, 0) is 47.9 Å². The molecule has 0 saturated heterocycles. The number of nitrogens with one attached hydrogen (secondary N) is 1. The molecule has 1 amide bonds. The fourth-order valence-electron chi connectivity index (χ4n) is 2.49. The van der Waals surface area contributed by atoms with Gasteiger partial charge in [0.2, 0.25) is 0 Å². The Balaban J connectivity index is 1.69. The molecule has 2 heterocycles. The van der Waals surface area contributed by atoms with Crippen molar-refractivity contribution in [3.63, 3.8) is 0 Å². The van der Waals surface area contributed by atoms with E-state index in [2.05, 4.69) is 22.2 Å². The largest absolute Gasteiger partial charge is 0.374 e. The quantitative estimate of drug-likeness (QED) is 0.925. The maximum absolute atomic E-state index is 12.2. The second-order valence-corrected chi connectivity index (χ2v) is 5.05. The van der Waals surface area contributed by atoms with Crippen LogP contribution >= 0.6 is 0 Å². The number of carbonyl (C=O) groups excluding carboxylic acids is 1. The van der Waals surface area contributed by atoms with Crippen molar-refractivity contribution in [2.24, 2.45) is 0 Å². The lowest BCUT2D eigenvalue weighted by Gasteiger charge is -2.12. The van der Waals surface area contributed by atoms with Gasteiger partial charge >= 0.3 is 0 Å². The zero-order chi connectivity index (χ0) is 13.9. The zero-order valence-corrected chi connectivity index (χ0v) is 11.5. The predicted molar refractivity (Wildman–Crippen MR) is 78.8 cm³/mol. The van der Waals surface area contributed by atoms with E-state index in [1.807, 2.05) is 30.3 Å². The Hall–Kier alpha value is -2.36. The highest BCUT2D eigenvalue weighted by atomic mass is 16.1. The molecule has 1 N–H and O–H groups in total. The molecule has 1 aliphatic heterocycles. The fourth-order valence-corrected chi connectivity index (χ4v) is 2.49. The van der Waals surface area contributed by atoms with Crippen molar-refractivity contribution in [3.05, 3.63) is 59.4 Å². The Bertz CT molecular complexity index is 625. The molecule has 0 aliphatic carbocycles. The van der Waals surface area contributed by atoms with Crippen LogP contribution in [0.3, 0.4) is 0 Å². The van der Waals surface area contributed by atoms with E-state index in [1.54, 1.807) is 12.4 Å². The lowest BCUT2D eigenvalue weighted by atomic mass is 10.1. The average Bonchev–Trinajstić information content (AvgIpc) is 2.87. The number of anilines is 1. The standard InChI is InChI=1S/C16H17N3O/c1-19-9-6-13-10-14(2-3-15(13)19)16(20)18-11-12-4-7-17-8-5-12/h2-5,7-8,10H,6,9,11H2,1H3,(H,18,20). The number of likely N-dealkylation sites (N-methyl/N-ethyl adjacent to an activating group) is 1. The number of benzene rings is 1. The van der Waals surface area contributed by atoms with Crippen molar-refractivity contribution in [3.8, 4) is 0 Å². The molecule has 0 saturated carbocycles. The molecule has 2 aromatic rings. The average molecular weight is 267 g/mol. The topological polar surface area (TPSA) is 45.2 Å².